The van der Waals surface area contributed by atoms with Gasteiger partial charge in [0.15, 0.2) is 16.4 Å². The van der Waals surface area contributed by atoms with E-state index in [1.807, 2.05) is 6.92 Å². The van der Waals surface area contributed by atoms with Gasteiger partial charge in [-0.05, 0) is 24.6 Å². The fraction of sp³-hybridized carbons (Fsp3) is 0.250. The quantitative estimate of drug-likeness (QED) is 0.340. The lowest BCUT2D eigenvalue weighted by Gasteiger charge is -2.14. The number of carbonyl (C=O) groups excluding carboxylic acids is 2. The molecule has 0 radical (unpaired) electrons. The van der Waals surface area contributed by atoms with Gasteiger partial charge in [0.05, 0.1) is 23.6 Å². The van der Waals surface area contributed by atoms with Crippen LogP contribution >= 0.6 is 0 Å². The zero-order chi connectivity index (χ0) is 25.8. The summed E-state index contributed by atoms with van der Waals surface area (Å²) in [4.78, 5) is 50.0. The number of carbonyl (C=O) groups is 2. The highest BCUT2D eigenvalue weighted by Crippen LogP contribution is 2.14. The standard InChI is InChI=1S/C24H25N3O7S/c1-16-8-10-18(11-9-16)35(32,33)13-12-20(29)34-15-19(28)21-22(25)27(24(31)26(2)23(21)30)14-17-6-4-3-5-7-17/h3-11H,12-15,25H2,1-2H3. The van der Waals surface area contributed by atoms with Crippen molar-refractivity contribution in [1.82, 2.24) is 9.13 Å². The Hall–Kier alpha value is -3.99. The largest absolute Gasteiger partial charge is 0.457 e. The molecule has 0 bridgehead atoms. The molecule has 1 aromatic heterocycles. The molecular weight excluding hydrogens is 474 g/mol. The molecule has 11 heteroatoms. The van der Waals surface area contributed by atoms with Gasteiger partial charge in [-0.3, -0.25) is 23.5 Å². The van der Waals surface area contributed by atoms with Crippen LogP contribution in [0, 0.1) is 6.92 Å². The summed E-state index contributed by atoms with van der Waals surface area (Å²) in [6.07, 6.45) is -0.482. The lowest BCUT2D eigenvalue weighted by atomic mass is 10.2. The maximum absolute atomic E-state index is 12.7. The lowest BCUT2D eigenvalue weighted by molar-refractivity contribution is -0.142. The molecule has 35 heavy (non-hydrogen) atoms. The zero-order valence-electron chi connectivity index (χ0n) is 19.3. The van der Waals surface area contributed by atoms with Crippen LogP contribution in [0.1, 0.15) is 27.9 Å². The van der Waals surface area contributed by atoms with E-state index in [1.165, 1.54) is 19.2 Å². The van der Waals surface area contributed by atoms with E-state index in [2.05, 4.69) is 0 Å². The van der Waals surface area contributed by atoms with E-state index >= 15 is 0 Å². The molecule has 2 N–H and O–H groups in total. The van der Waals surface area contributed by atoms with E-state index in [0.29, 0.717) is 0 Å². The molecule has 3 aromatic rings. The molecule has 0 aliphatic rings. The first-order valence-electron chi connectivity index (χ1n) is 10.6. The first-order valence-corrected chi connectivity index (χ1v) is 12.3. The number of ketones is 1. The van der Waals surface area contributed by atoms with Crippen molar-refractivity contribution in [1.29, 1.82) is 0 Å². The highest BCUT2D eigenvalue weighted by Gasteiger charge is 2.23. The maximum atomic E-state index is 12.7. The van der Waals surface area contributed by atoms with Gasteiger partial charge in [-0.15, -0.1) is 0 Å². The highest BCUT2D eigenvalue weighted by atomic mass is 32.2. The molecule has 10 nitrogen and oxygen atoms in total. The Morgan fingerprint density at radius 2 is 1.63 bits per heavy atom. The molecule has 0 fully saturated rings. The summed E-state index contributed by atoms with van der Waals surface area (Å²) in [7, 11) is -2.51. The minimum absolute atomic E-state index is 0.0244. The maximum Gasteiger partial charge on any atom is 0.332 e. The predicted octanol–water partition coefficient (Wildman–Crippen LogP) is 1.08. The summed E-state index contributed by atoms with van der Waals surface area (Å²) in [6.45, 7) is 1.02. The third-order valence-corrected chi connectivity index (χ3v) is 7.10. The van der Waals surface area contributed by atoms with Gasteiger partial charge in [0.25, 0.3) is 5.56 Å². The third kappa shape index (κ3) is 5.93. The van der Waals surface area contributed by atoms with Crippen molar-refractivity contribution in [2.24, 2.45) is 7.05 Å². The van der Waals surface area contributed by atoms with E-state index in [9.17, 15) is 27.6 Å². The predicted molar refractivity (Wildman–Crippen MR) is 129 cm³/mol. The van der Waals surface area contributed by atoms with E-state index < -0.39 is 57.2 Å². The molecule has 0 spiro atoms. The third-order valence-electron chi connectivity index (χ3n) is 5.36. The van der Waals surface area contributed by atoms with E-state index in [-0.39, 0.29) is 17.3 Å². The number of rotatable bonds is 9. The fourth-order valence-electron chi connectivity index (χ4n) is 3.34. The average molecular weight is 500 g/mol. The number of nitrogens with two attached hydrogens (primary N) is 1. The van der Waals surface area contributed by atoms with E-state index in [0.717, 1.165) is 20.3 Å². The van der Waals surface area contributed by atoms with E-state index in [4.69, 9.17) is 10.5 Å². The molecule has 0 saturated heterocycles. The number of sulfone groups is 1. The van der Waals surface area contributed by atoms with Crippen molar-refractivity contribution in [2.45, 2.75) is 24.8 Å². The Bertz CT molecular complexity index is 1470. The van der Waals surface area contributed by atoms with Gasteiger partial charge in [0.1, 0.15) is 11.4 Å². The molecule has 0 aliphatic carbocycles. The van der Waals surface area contributed by atoms with Crippen molar-refractivity contribution in [2.75, 3.05) is 18.1 Å². The molecule has 0 unspecified atom stereocenters. The van der Waals surface area contributed by atoms with Crippen molar-refractivity contribution < 1.29 is 22.7 Å². The molecule has 0 saturated carbocycles. The summed E-state index contributed by atoms with van der Waals surface area (Å²) in [5.41, 5.74) is 5.52. The number of hydrogen-bond acceptors (Lipinski definition) is 8. The van der Waals surface area contributed by atoms with Crippen LogP contribution in [0.5, 0.6) is 0 Å². The van der Waals surface area contributed by atoms with Gasteiger partial charge in [-0.25, -0.2) is 13.2 Å². The smallest absolute Gasteiger partial charge is 0.332 e. The monoisotopic (exact) mass is 499 g/mol. The Labute approximate surface area is 201 Å². The zero-order valence-corrected chi connectivity index (χ0v) is 20.1. The number of anilines is 1. The minimum atomic E-state index is -3.72. The van der Waals surface area contributed by atoms with Gasteiger partial charge in [0, 0.05) is 7.05 Å². The number of benzene rings is 2. The van der Waals surface area contributed by atoms with Gasteiger partial charge in [0.2, 0.25) is 5.78 Å². The lowest BCUT2D eigenvalue weighted by Crippen LogP contribution is -2.43. The highest BCUT2D eigenvalue weighted by molar-refractivity contribution is 7.91. The first-order chi connectivity index (χ1) is 16.5. The number of aromatic nitrogens is 2. The molecule has 0 atom stereocenters. The number of Topliss-reactive ketones (excluding diaryl/α,β-unsaturated/α-hetero) is 1. The van der Waals surface area contributed by atoms with Gasteiger partial charge in [-0.1, -0.05) is 48.0 Å². The van der Waals surface area contributed by atoms with E-state index in [1.54, 1.807) is 42.5 Å². The Morgan fingerprint density at radius 1 is 1.00 bits per heavy atom. The Kier molecular flexibility index (Phi) is 7.70. The molecule has 3 rings (SSSR count). The van der Waals surface area contributed by atoms with Gasteiger partial charge >= 0.3 is 11.7 Å². The summed E-state index contributed by atoms with van der Waals surface area (Å²) in [5, 5.41) is 0. The minimum Gasteiger partial charge on any atom is -0.457 e. The number of nitrogen functional groups attached to an aromatic ring is 1. The molecule has 2 aromatic carbocycles. The normalized spacial score (nSPS) is 11.3. The number of nitrogens with zero attached hydrogens (tertiary/aromatic N) is 2. The summed E-state index contributed by atoms with van der Waals surface area (Å²) >= 11 is 0. The Morgan fingerprint density at radius 3 is 2.26 bits per heavy atom. The second-order valence-corrected chi connectivity index (χ2v) is 10.1. The summed E-state index contributed by atoms with van der Waals surface area (Å²) in [5.74, 6) is -2.68. The summed E-state index contributed by atoms with van der Waals surface area (Å²) in [6, 6.07) is 15.0. The topological polar surface area (TPSA) is 148 Å². The molecule has 0 amide bonds. The van der Waals surface area contributed by atoms with Crippen LogP contribution in [-0.2, 0) is 33.0 Å². The molecule has 1 heterocycles. The van der Waals surface area contributed by atoms with Crippen LogP contribution in [0.25, 0.3) is 0 Å². The van der Waals surface area contributed by atoms with Gasteiger partial charge in [-0.2, -0.15) is 0 Å². The summed E-state index contributed by atoms with van der Waals surface area (Å²) < 4.78 is 31.5. The van der Waals surface area contributed by atoms with Crippen LogP contribution in [0.2, 0.25) is 0 Å². The number of hydrogen-bond donors (Lipinski definition) is 1. The van der Waals surface area contributed by atoms with Crippen LogP contribution in [0.3, 0.4) is 0 Å². The second-order valence-electron chi connectivity index (χ2n) is 7.94. The van der Waals surface area contributed by atoms with Crippen molar-refractivity contribution in [3.8, 4) is 0 Å². The average Bonchev–Trinajstić information content (AvgIpc) is 2.84. The Balaban J connectivity index is 1.71. The molecule has 184 valence electrons. The second kappa shape index (κ2) is 10.5. The van der Waals surface area contributed by atoms with Crippen molar-refractivity contribution in [3.05, 3.63) is 92.1 Å². The fourth-order valence-corrected chi connectivity index (χ4v) is 4.56. The van der Waals surface area contributed by atoms with Crippen LogP contribution < -0.4 is 17.0 Å². The van der Waals surface area contributed by atoms with Crippen molar-refractivity contribution in [3.63, 3.8) is 0 Å². The SMILES string of the molecule is Cc1ccc(S(=O)(=O)CCC(=O)OCC(=O)c2c(N)n(Cc3ccccc3)c(=O)n(C)c2=O)cc1. The van der Waals surface area contributed by atoms with Crippen LogP contribution in [-0.4, -0.2) is 41.7 Å². The van der Waals surface area contributed by atoms with Crippen LogP contribution in [0.4, 0.5) is 5.82 Å². The molecule has 0 aliphatic heterocycles. The van der Waals surface area contributed by atoms with Crippen LogP contribution in [0.15, 0.2) is 69.1 Å². The number of aryl methyl sites for hydroxylation is 1. The number of esters is 1. The molecular formula is C24H25N3O7S. The van der Waals surface area contributed by atoms with Gasteiger partial charge < -0.3 is 10.5 Å². The number of ether oxygens (including phenoxy) is 1. The first kappa shape index (κ1) is 25.6. The van der Waals surface area contributed by atoms with Crippen molar-refractivity contribution >= 4 is 27.4 Å².